The van der Waals surface area contributed by atoms with Crippen LogP contribution in [-0.2, 0) is 20.6 Å². The minimum absolute atomic E-state index is 0.142. The van der Waals surface area contributed by atoms with Crippen molar-refractivity contribution in [3.05, 3.63) is 35.4 Å². The van der Waals surface area contributed by atoms with Gasteiger partial charge in [0, 0.05) is 5.75 Å². The Morgan fingerprint density at radius 1 is 1.30 bits per heavy atom. The van der Waals surface area contributed by atoms with Crippen LogP contribution in [0.25, 0.3) is 0 Å². The summed E-state index contributed by atoms with van der Waals surface area (Å²) in [5, 5.41) is 0. The number of hydrogen-bond acceptors (Lipinski definition) is 6. The molecule has 8 heteroatoms. The third-order valence-electron chi connectivity index (χ3n) is 2.90. The second-order valence-electron chi connectivity index (χ2n) is 4.04. The van der Waals surface area contributed by atoms with Crippen molar-refractivity contribution >= 4 is 28.9 Å². The third-order valence-corrected chi connectivity index (χ3v) is 3.49. The molecule has 0 N–H and O–H groups in total. The number of benzene rings is 1. The summed E-state index contributed by atoms with van der Waals surface area (Å²) in [6, 6.07) is 4.56. The number of ether oxygens (including phenoxy) is 1. The van der Waals surface area contributed by atoms with Gasteiger partial charge in [0.2, 0.25) is 0 Å². The van der Waals surface area contributed by atoms with Crippen molar-refractivity contribution in [2.24, 2.45) is 0 Å². The molecule has 0 radical (unpaired) electrons. The van der Waals surface area contributed by atoms with Crippen LogP contribution >= 0.6 is 0 Å². The van der Waals surface area contributed by atoms with E-state index in [4.69, 9.17) is 0 Å². The Bertz CT molecular complexity index is 579. The first-order chi connectivity index (χ1) is 9.47. The summed E-state index contributed by atoms with van der Waals surface area (Å²) in [4.78, 5) is 36.6. The van der Waals surface area contributed by atoms with E-state index < -0.39 is 40.7 Å². The van der Waals surface area contributed by atoms with E-state index in [-0.39, 0.29) is 11.1 Å². The number of fused-ring (bicyclic) bond motifs is 1. The van der Waals surface area contributed by atoms with E-state index >= 15 is 0 Å². The number of methoxy groups -OCH3 is 1. The van der Waals surface area contributed by atoms with Crippen molar-refractivity contribution in [2.45, 2.75) is 6.04 Å². The van der Waals surface area contributed by atoms with Gasteiger partial charge in [0.15, 0.2) is 0 Å². The van der Waals surface area contributed by atoms with Crippen LogP contribution in [0.2, 0.25) is 0 Å². The molecule has 2 rings (SSSR count). The number of carbonyl (C=O) groups is 3. The molecule has 1 aromatic rings. The highest BCUT2D eigenvalue weighted by Crippen LogP contribution is 2.25. The van der Waals surface area contributed by atoms with Gasteiger partial charge >= 0.3 is 5.97 Å². The molecule has 0 spiro atoms. The molecule has 0 aliphatic carbocycles. The Morgan fingerprint density at radius 3 is 2.20 bits per heavy atom. The molecular weight excluding hydrogens is 286 g/mol. The number of carbonyl (C=O) groups excluding carboxylic acids is 3. The molecule has 0 bridgehead atoms. The normalized spacial score (nSPS) is 16.8. The van der Waals surface area contributed by atoms with Crippen molar-refractivity contribution in [1.82, 2.24) is 4.90 Å². The van der Waals surface area contributed by atoms with Gasteiger partial charge in [-0.25, -0.2) is 4.79 Å². The third kappa shape index (κ3) is 2.35. The highest BCUT2D eigenvalue weighted by molar-refractivity contribution is 7.79. The number of rotatable bonds is 4. The van der Waals surface area contributed by atoms with E-state index in [1.165, 1.54) is 12.1 Å². The second kappa shape index (κ2) is 5.51. The van der Waals surface area contributed by atoms with E-state index in [9.17, 15) is 23.1 Å². The highest BCUT2D eigenvalue weighted by Gasteiger charge is 2.43. The molecule has 20 heavy (non-hydrogen) atoms. The van der Waals surface area contributed by atoms with Gasteiger partial charge in [-0.2, -0.15) is 0 Å². The zero-order valence-electron chi connectivity index (χ0n) is 10.4. The summed E-state index contributed by atoms with van der Waals surface area (Å²) in [5.41, 5.74) is 0.283. The Hall–Kier alpha value is -2.06. The maximum Gasteiger partial charge on any atom is 0.330 e. The second-order valence-corrected chi connectivity index (χ2v) is 4.98. The Labute approximate surface area is 116 Å². The number of esters is 1. The molecule has 0 fully saturated rings. The van der Waals surface area contributed by atoms with Gasteiger partial charge in [0.05, 0.1) is 18.2 Å². The Morgan fingerprint density at radius 2 is 1.80 bits per heavy atom. The summed E-state index contributed by atoms with van der Waals surface area (Å²) in [6.07, 6.45) is 0. The van der Waals surface area contributed by atoms with Crippen LogP contribution in [0.15, 0.2) is 24.3 Å². The van der Waals surface area contributed by atoms with Gasteiger partial charge in [-0.3, -0.25) is 18.7 Å². The lowest BCUT2D eigenvalue weighted by atomic mass is 10.1. The van der Waals surface area contributed by atoms with Gasteiger partial charge in [-0.15, -0.1) is 0 Å². The zero-order chi connectivity index (χ0) is 14.9. The predicted molar refractivity (Wildman–Crippen MR) is 66.5 cm³/mol. The van der Waals surface area contributed by atoms with Crippen molar-refractivity contribution < 1.29 is 27.9 Å². The minimum Gasteiger partial charge on any atom is -0.772 e. The van der Waals surface area contributed by atoms with Gasteiger partial charge in [0.1, 0.15) is 6.04 Å². The number of nitrogens with zero attached hydrogens (tertiary/aromatic N) is 1. The first kappa shape index (κ1) is 14.4. The van der Waals surface area contributed by atoms with Crippen LogP contribution < -0.4 is 0 Å². The topological polar surface area (TPSA) is 104 Å². The van der Waals surface area contributed by atoms with Gasteiger partial charge < -0.3 is 9.29 Å². The predicted octanol–water partition coefficient (Wildman–Crippen LogP) is -0.297. The molecule has 2 atom stereocenters. The van der Waals surface area contributed by atoms with E-state index in [1.807, 2.05) is 0 Å². The summed E-state index contributed by atoms with van der Waals surface area (Å²) < 4.78 is 26.1. The molecule has 0 saturated carbocycles. The monoisotopic (exact) mass is 296 g/mol. The lowest BCUT2D eigenvalue weighted by Crippen LogP contribution is -2.48. The fourth-order valence-electron chi connectivity index (χ4n) is 2.00. The molecule has 1 aliphatic heterocycles. The number of amides is 2. The van der Waals surface area contributed by atoms with Gasteiger partial charge in [0.25, 0.3) is 11.8 Å². The molecule has 0 aromatic heterocycles. The molecule has 106 valence electrons. The Kier molecular flexibility index (Phi) is 3.96. The zero-order valence-corrected chi connectivity index (χ0v) is 11.2. The van der Waals surface area contributed by atoms with Crippen molar-refractivity contribution in [2.75, 3.05) is 12.9 Å². The van der Waals surface area contributed by atoms with Crippen molar-refractivity contribution in [3.63, 3.8) is 0 Å². The largest absolute Gasteiger partial charge is 0.772 e. The lowest BCUT2D eigenvalue weighted by Gasteiger charge is -2.24. The van der Waals surface area contributed by atoms with E-state index in [0.29, 0.717) is 4.90 Å². The van der Waals surface area contributed by atoms with Crippen LogP contribution in [0, 0.1) is 0 Å². The number of hydrogen-bond donors (Lipinski definition) is 0. The lowest BCUT2D eigenvalue weighted by molar-refractivity contribution is -0.144. The maximum absolute atomic E-state index is 12.1. The molecule has 2 amide bonds. The fourth-order valence-corrected chi connectivity index (χ4v) is 2.55. The fraction of sp³-hybridized carbons (Fsp3) is 0.250. The van der Waals surface area contributed by atoms with E-state index in [0.717, 1.165) is 7.11 Å². The summed E-state index contributed by atoms with van der Waals surface area (Å²) >= 11 is -2.61. The van der Waals surface area contributed by atoms with Gasteiger partial charge in [-0.1, -0.05) is 23.2 Å². The summed E-state index contributed by atoms with van der Waals surface area (Å²) in [6.45, 7) is 0. The van der Waals surface area contributed by atoms with E-state index in [2.05, 4.69) is 4.74 Å². The number of imide groups is 1. The first-order valence-electron chi connectivity index (χ1n) is 5.58. The first-order valence-corrected chi connectivity index (χ1v) is 6.82. The SMILES string of the molecule is COC(=O)C(CS(=O)[O-])N1C(=O)c2ccccc2C1=O. The molecule has 1 aromatic carbocycles. The van der Waals surface area contributed by atoms with Crippen molar-refractivity contribution in [1.29, 1.82) is 0 Å². The maximum atomic E-state index is 12.1. The van der Waals surface area contributed by atoms with E-state index in [1.54, 1.807) is 12.1 Å². The summed E-state index contributed by atoms with van der Waals surface area (Å²) in [5.74, 6) is -3.06. The molecule has 1 heterocycles. The quantitative estimate of drug-likeness (QED) is 0.429. The van der Waals surface area contributed by atoms with Crippen LogP contribution in [0.4, 0.5) is 0 Å². The van der Waals surface area contributed by atoms with Crippen LogP contribution in [0.5, 0.6) is 0 Å². The average Bonchev–Trinajstić information content (AvgIpc) is 2.68. The highest BCUT2D eigenvalue weighted by atomic mass is 32.2. The Balaban J connectivity index is 2.41. The smallest absolute Gasteiger partial charge is 0.330 e. The molecule has 1 aliphatic rings. The summed E-state index contributed by atoms with van der Waals surface area (Å²) in [7, 11) is 1.06. The van der Waals surface area contributed by atoms with Crippen LogP contribution in [0.1, 0.15) is 20.7 Å². The molecule has 7 nitrogen and oxygen atoms in total. The van der Waals surface area contributed by atoms with Crippen molar-refractivity contribution in [3.8, 4) is 0 Å². The molecule has 0 saturated heterocycles. The minimum atomic E-state index is -2.61. The molecular formula is C12H10NO6S-. The van der Waals surface area contributed by atoms with Crippen LogP contribution in [-0.4, -0.2) is 50.3 Å². The average molecular weight is 296 g/mol. The van der Waals surface area contributed by atoms with Crippen LogP contribution in [0.3, 0.4) is 0 Å². The standard InChI is InChI=1S/C12H11NO6S/c1-19-12(16)9(6-20(17)18)13-10(14)7-4-2-3-5-8(7)11(13)15/h2-5,9H,6H2,1H3,(H,17,18)/p-1. The molecule has 2 unspecified atom stereocenters. The van der Waals surface area contributed by atoms with Gasteiger partial charge in [-0.05, 0) is 12.1 Å².